The first-order valence-electron chi connectivity index (χ1n) is 19.5. The van der Waals surface area contributed by atoms with Gasteiger partial charge in [-0.25, -0.2) is 9.97 Å². The third-order valence-electron chi connectivity index (χ3n) is 11.8. The number of benzene rings is 8. The molecule has 3 heteroatoms. The van der Waals surface area contributed by atoms with E-state index >= 15 is 0 Å². The number of hydrogen-bond acceptors (Lipinski definition) is 3. The zero-order chi connectivity index (χ0) is 37.9. The summed E-state index contributed by atoms with van der Waals surface area (Å²) in [6.45, 7) is 2.36. The van der Waals surface area contributed by atoms with Crippen molar-refractivity contribution < 1.29 is 4.42 Å². The summed E-state index contributed by atoms with van der Waals surface area (Å²) >= 11 is 0. The molecular formula is C54H36N2O. The van der Waals surface area contributed by atoms with Crippen LogP contribution >= 0.6 is 0 Å². The zero-order valence-electron chi connectivity index (χ0n) is 31.4. The van der Waals surface area contributed by atoms with Gasteiger partial charge in [-0.05, 0) is 81.8 Å². The van der Waals surface area contributed by atoms with E-state index in [1.54, 1.807) is 0 Å². The molecule has 3 nitrogen and oxygen atoms in total. The average molecular weight is 729 g/mol. The molecule has 2 aromatic heterocycles. The Labute approximate surface area is 331 Å². The van der Waals surface area contributed by atoms with Crippen LogP contribution in [0.15, 0.2) is 205 Å². The summed E-state index contributed by atoms with van der Waals surface area (Å²) < 4.78 is 6.51. The van der Waals surface area contributed by atoms with E-state index in [1.807, 2.05) is 30.3 Å². The Morgan fingerprint density at radius 1 is 0.404 bits per heavy atom. The van der Waals surface area contributed by atoms with Crippen molar-refractivity contribution in [3.63, 3.8) is 0 Å². The van der Waals surface area contributed by atoms with Crippen LogP contribution in [0.1, 0.15) is 23.6 Å². The Bertz CT molecular complexity index is 3130. The zero-order valence-corrected chi connectivity index (χ0v) is 31.4. The molecular weight excluding hydrogens is 693 g/mol. The van der Waals surface area contributed by atoms with Crippen LogP contribution in [0, 0.1) is 0 Å². The monoisotopic (exact) mass is 728 g/mol. The van der Waals surface area contributed by atoms with Gasteiger partial charge in [0.25, 0.3) is 0 Å². The van der Waals surface area contributed by atoms with Crippen LogP contribution in [0.3, 0.4) is 0 Å². The Hall–Kier alpha value is -7.36. The van der Waals surface area contributed by atoms with Crippen molar-refractivity contribution in [3.8, 4) is 67.3 Å². The van der Waals surface area contributed by atoms with Crippen molar-refractivity contribution >= 4 is 21.9 Å². The van der Waals surface area contributed by atoms with Gasteiger partial charge in [0.2, 0.25) is 0 Å². The van der Waals surface area contributed by atoms with E-state index < -0.39 is 0 Å². The van der Waals surface area contributed by atoms with E-state index in [2.05, 4.69) is 177 Å². The number of hydrogen-bond donors (Lipinski definition) is 0. The lowest BCUT2D eigenvalue weighted by molar-refractivity contribution is 0.670. The van der Waals surface area contributed by atoms with E-state index in [0.717, 1.165) is 72.3 Å². The smallest absolute Gasteiger partial charge is 0.160 e. The second kappa shape index (κ2) is 13.1. The predicted molar refractivity (Wildman–Crippen MR) is 234 cm³/mol. The Morgan fingerprint density at radius 2 is 1.02 bits per heavy atom. The third-order valence-corrected chi connectivity index (χ3v) is 11.8. The largest absolute Gasteiger partial charge is 0.455 e. The lowest BCUT2D eigenvalue weighted by Gasteiger charge is -2.28. The summed E-state index contributed by atoms with van der Waals surface area (Å²) in [6, 6.07) is 71.0. The molecule has 8 aromatic carbocycles. The fraction of sp³-hybridized carbons (Fsp3) is 0.0370. The molecule has 1 atom stereocenters. The first-order valence-corrected chi connectivity index (χ1v) is 19.5. The molecule has 0 N–H and O–H groups in total. The van der Waals surface area contributed by atoms with Crippen LogP contribution in [-0.4, -0.2) is 9.97 Å². The maximum absolute atomic E-state index is 6.51. The minimum absolute atomic E-state index is 0.310. The van der Waals surface area contributed by atoms with Gasteiger partial charge in [-0.1, -0.05) is 170 Å². The first-order chi connectivity index (χ1) is 28.1. The molecule has 0 bridgehead atoms. The molecule has 57 heavy (non-hydrogen) atoms. The molecule has 0 aliphatic heterocycles. The molecule has 0 spiro atoms. The standard InChI is InChI=1S/C54H36N2O/c1-54(40-23-9-4-10-24-40)46-28-13-11-26-42(46)51-43(27-16-29-47(51)54)49-34-48(55-53(56-49)36-19-7-3-8-20-36)38-22-15-21-37(31-38)39-32-44(35-17-5-2-6-18-35)52-45(33-39)41-25-12-14-30-50(41)57-52/h2-34H,1H3. The highest BCUT2D eigenvalue weighted by Gasteiger charge is 2.41. The highest BCUT2D eigenvalue weighted by Crippen LogP contribution is 2.55. The number of rotatable bonds is 6. The predicted octanol–water partition coefficient (Wildman–Crippen LogP) is 14.0. The first kappa shape index (κ1) is 33.0. The van der Waals surface area contributed by atoms with Crippen molar-refractivity contribution in [2.24, 2.45) is 0 Å². The molecule has 1 unspecified atom stereocenters. The van der Waals surface area contributed by atoms with Crippen LogP contribution in [-0.2, 0) is 5.41 Å². The molecule has 10 aromatic rings. The number of para-hydroxylation sites is 1. The van der Waals surface area contributed by atoms with Gasteiger partial charge in [0.05, 0.1) is 11.4 Å². The number of nitrogens with zero attached hydrogens (tertiary/aromatic N) is 2. The molecule has 11 rings (SSSR count). The lowest BCUT2D eigenvalue weighted by atomic mass is 9.74. The van der Waals surface area contributed by atoms with Crippen LogP contribution in [0.25, 0.3) is 89.2 Å². The Balaban J connectivity index is 1.11. The lowest BCUT2D eigenvalue weighted by Crippen LogP contribution is -2.22. The van der Waals surface area contributed by atoms with Gasteiger partial charge in [-0.3, -0.25) is 0 Å². The van der Waals surface area contributed by atoms with E-state index in [9.17, 15) is 0 Å². The minimum Gasteiger partial charge on any atom is -0.455 e. The highest BCUT2D eigenvalue weighted by atomic mass is 16.3. The SMILES string of the molecule is CC1(c2ccccc2)c2ccccc2-c2c(-c3cc(-c4cccc(-c5cc(-c6ccccc6)c6oc7ccccc7c6c5)c4)nc(-c4ccccc4)n3)cccc21. The molecule has 1 aliphatic rings. The molecule has 0 radical (unpaired) electrons. The quantitative estimate of drug-likeness (QED) is 0.171. The third kappa shape index (κ3) is 5.35. The van der Waals surface area contributed by atoms with Gasteiger partial charge in [-0.15, -0.1) is 0 Å². The highest BCUT2D eigenvalue weighted by molar-refractivity contribution is 6.11. The molecule has 268 valence electrons. The minimum atomic E-state index is -0.310. The summed E-state index contributed by atoms with van der Waals surface area (Å²) in [4.78, 5) is 10.6. The van der Waals surface area contributed by atoms with E-state index in [1.165, 1.54) is 27.8 Å². The summed E-state index contributed by atoms with van der Waals surface area (Å²) in [5, 5.41) is 2.21. The number of aromatic nitrogens is 2. The second-order valence-corrected chi connectivity index (χ2v) is 15.0. The van der Waals surface area contributed by atoms with E-state index in [-0.39, 0.29) is 5.41 Å². The van der Waals surface area contributed by atoms with Gasteiger partial charge in [0.1, 0.15) is 11.2 Å². The van der Waals surface area contributed by atoms with Gasteiger partial charge in [0.15, 0.2) is 5.82 Å². The molecule has 1 aliphatic carbocycles. The molecule has 0 saturated carbocycles. The maximum atomic E-state index is 6.51. The average Bonchev–Trinajstić information content (AvgIpc) is 3.80. The van der Waals surface area contributed by atoms with Crippen LogP contribution in [0.2, 0.25) is 0 Å². The molecule has 2 heterocycles. The van der Waals surface area contributed by atoms with Gasteiger partial charge in [0, 0.05) is 38.4 Å². The van der Waals surface area contributed by atoms with Crippen LogP contribution < -0.4 is 0 Å². The summed E-state index contributed by atoms with van der Waals surface area (Å²) in [7, 11) is 0. The van der Waals surface area contributed by atoms with E-state index in [0.29, 0.717) is 5.82 Å². The fourth-order valence-corrected chi connectivity index (χ4v) is 8.97. The van der Waals surface area contributed by atoms with Crippen LogP contribution in [0.5, 0.6) is 0 Å². The van der Waals surface area contributed by atoms with E-state index in [4.69, 9.17) is 14.4 Å². The van der Waals surface area contributed by atoms with Crippen molar-refractivity contribution in [2.75, 3.05) is 0 Å². The fourth-order valence-electron chi connectivity index (χ4n) is 8.97. The molecule has 0 fully saturated rings. The van der Waals surface area contributed by atoms with Crippen LogP contribution in [0.4, 0.5) is 0 Å². The summed E-state index contributed by atoms with van der Waals surface area (Å²) in [6.07, 6.45) is 0. The maximum Gasteiger partial charge on any atom is 0.160 e. The Kier molecular flexibility index (Phi) is 7.61. The van der Waals surface area contributed by atoms with Gasteiger partial charge < -0.3 is 4.42 Å². The van der Waals surface area contributed by atoms with Gasteiger partial charge >= 0.3 is 0 Å². The van der Waals surface area contributed by atoms with Crippen molar-refractivity contribution in [1.29, 1.82) is 0 Å². The number of furan rings is 1. The summed E-state index contributed by atoms with van der Waals surface area (Å²) in [5.41, 5.74) is 17.1. The van der Waals surface area contributed by atoms with Crippen molar-refractivity contribution in [3.05, 3.63) is 217 Å². The molecule has 0 saturated heterocycles. The topological polar surface area (TPSA) is 38.9 Å². The second-order valence-electron chi connectivity index (χ2n) is 15.0. The van der Waals surface area contributed by atoms with Gasteiger partial charge in [-0.2, -0.15) is 0 Å². The van der Waals surface area contributed by atoms with Crippen molar-refractivity contribution in [1.82, 2.24) is 9.97 Å². The number of fused-ring (bicyclic) bond motifs is 6. The molecule has 0 amide bonds. The normalized spacial score (nSPS) is 14.5. The Morgan fingerprint density at radius 3 is 1.84 bits per heavy atom. The van der Waals surface area contributed by atoms with Crippen molar-refractivity contribution in [2.45, 2.75) is 12.3 Å². The summed E-state index contributed by atoms with van der Waals surface area (Å²) in [5.74, 6) is 0.695.